The van der Waals surface area contributed by atoms with Crippen LogP contribution in [0.1, 0.15) is 5.69 Å². The maximum absolute atomic E-state index is 12.4. The maximum atomic E-state index is 12.4. The van der Waals surface area contributed by atoms with Crippen molar-refractivity contribution in [2.24, 2.45) is 0 Å². The first-order chi connectivity index (χ1) is 9.00. The van der Waals surface area contributed by atoms with Gasteiger partial charge in [0.25, 0.3) is 0 Å². The molecule has 1 aliphatic rings. The second-order valence-corrected chi connectivity index (χ2v) is 4.67. The van der Waals surface area contributed by atoms with E-state index in [2.05, 4.69) is 15.1 Å². The van der Waals surface area contributed by atoms with Crippen molar-refractivity contribution in [2.45, 2.75) is 6.18 Å². The van der Waals surface area contributed by atoms with Gasteiger partial charge in [0, 0.05) is 38.6 Å². The smallest absolute Gasteiger partial charge is 0.353 e. The predicted octanol–water partition coefficient (Wildman–Crippen LogP) is 1.86. The summed E-state index contributed by atoms with van der Waals surface area (Å²) < 4.78 is 37.1. The number of halogens is 4. The summed E-state index contributed by atoms with van der Waals surface area (Å²) in [6.45, 7) is 3.92. The molecule has 0 spiro atoms. The molecule has 1 aromatic heterocycles. The van der Waals surface area contributed by atoms with Gasteiger partial charge in [0.2, 0.25) is 0 Å². The van der Waals surface area contributed by atoms with Gasteiger partial charge in [-0.15, -0.1) is 21.8 Å². The van der Waals surface area contributed by atoms with E-state index >= 15 is 0 Å². The minimum absolute atomic E-state index is 0.485. The first-order valence-corrected chi connectivity index (χ1v) is 6.48. The van der Waals surface area contributed by atoms with Gasteiger partial charge in [-0.1, -0.05) is 0 Å². The van der Waals surface area contributed by atoms with E-state index in [4.69, 9.17) is 11.6 Å². The molecule has 106 valence electrons. The van der Waals surface area contributed by atoms with Gasteiger partial charge in [0.05, 0.1) is 0 Å². The van der Waals surface area contributed by atoms with Gasteiger partial charge in [-0.25, -0.2) is 0 Å². The van der Waals surface area contributed by atoms with Crippen LogP contribution in [0.4, 0.5) is 19.0 Å². The van der Waals surface area contributed by atoms with Crippen molar-refractivity contribution in [2.75, 3.05) is 43.5 Å². The maximum Gasteiger partial charge on any atom is 0.435 e. The van der Waals surface area contributed by atoms with E-state index in [9.17, 15) is 13.2 Å². The summed E-state index contributed by atoms with van der Waals surface area (Å²) >= 11 is 5.66. The molecule has 0 N–H and O–H groups in total. The summed E-state index contributed by atoms with van der Waals surface area (Å²) in [5, 5.41) is 6.88. The second kappa shape index (κ2) is 5.92. The van der Waals surface area contributed by atoms with Gasteiger partial charge < -0.3 is 4.90 Å². The summed E-state index contributed by atoms with van der Waals surface area (Å²) in [5.41, 5.74) is -0.961. The third kappa shape index (κ3) is 3.70. The zero-order valence-electron chi connectivity index (χ0n) is 10.2. The highest BCUT2D eigenvalue weighted by atomic mass is 35.5. The molecule has 4 nitrogen and oxygen atoms in total. The molecular formula is C11H14ClF3N4. The van der Waals surface area contributed by atoms with Crippen LogP contribution in [0.15, 0.2) is 12.1 Å². The van der Waals surface area contributed by atoms with Crippen LogP contribution in [0.25, 0.3) is 0 Å². The average molecular weight is 295 g/mol. The van der Waals surface area contributed by atoms with Gasteiger partial charge in [-0.2, -0.15) is 13.2 Å². The first kappa shape index (κ1) is 14.3. The summed E-state index contributed by atoms with van der Waals surface area (Å²) in [4.78, 5) is 4.14. The summed E-state index contributed by atoms with van der Waals surface area (Å²) in [6.07, 6.45) is -4.44. The summed E-state index contributed by atoms with van der Waals surface area (Å²) in [6, 6.07) is 2.33. The fourth-order valence-corrected chi connectivity index (χ4v) is 2.20. The number of alkyl halides is 4. The van der Waals surface area contributed by atoms with E-state index in [1.807, 2.05) is 4.90 Å². The molecule has 19 heavy (non-hydrogen) atoms. The SMILES string of the molecule is FC(F)(F)c1ccc(N2CCN(CCCl)CC2)nn1. The highest BCUT2D eigenvalue weighted by Crippen LogP contribution is 2.27. The summed E-state index contributed by atoms with van der Waals surface area (Å²) in [7, 11) is 0. The molecule has 0 aromatic carbocycles. The molecule has 1 fully saturated rings. The van der Waals surface area contributed by atoms with E-state index in [0.717, 1.165) is 38.8 Å². The Bertz CT molecular complexity index is 401. The zero-order chi connectivity index (χ0) is 13.9. The van der Waals surface area contributed by atoms with Crippen LogP contribution in [0, 0.1) is 0 Å². The Kier molecular flexibility index (Phi) is 4.46. The van der Waals surface area contributed by atoms with Crippen molar-refractivity contribution in [1.82, 2.24) is 15.1 Å². The molecule has 0 amide bonds. The standard InChI is InChI=1S/C11H14ClF3N4/c12-3-4-18-5-7-19(8-6-18)10-2-1-9(16-17-10)11(13,14)15/h1-2H,3-8H2. The van der Waals surface area contributed by atoms with Crippen molar-refractivity contribution in [3.05, 3.63) is 17.8 Å². The molecular weight excluding hydrogens is 281 g/mol. The lowest BCUT2D eigenvalue weighted by Crippen LogP contribution is -2.47. The predicted molar refractivity (Wildman–Crippen MR) is 66.4 cm³/mol. The topological polar surface area (TPSA) is 32.3 Å². The minimum atomic E-state index is -4.44. The highest BCUT2D eigenvalue weighted by molar-refractivity contribution is 6.18. The lowest BCUT2D eigenvalue weighted by Gasteiger charge is -2.34. The van der Waals surface area contributed by atoms with Crippen molar-refractivity contribution in [3.63, 3.8) is 0 Å². The van der Waals surface area contributed by atoms with Crippen molar-refractivity contribution < 1.29 is 13.2 Å². The Balaban J connectivity index is 1.97. The van der Waals surface area contributed by atoms with E-state index in [-0.39, 0.29) is 0 Å². The molecule has 0 saturated carbocycles. The molecule has 0 atom stereocenters. The number of piperazine rings is 1. The zero-order valence-corrected chi connectivity index (χ0v) is 11.0. The van der Waals surface area contributed by atoms with E-state index < -0.39 is 11.9 Å². The largest absolute Gasteiger partial charge is 0.435 e. The van der Waals surface area contributed by atoms with Crippen LogP contribution in [0.5, 0.6) is 0 Å². The Morgan fingerprint density at radius 1 is 1.11 bits per heavy atom. The number of hydrogen-bond acceptors (Lipinski definition) is 4. The van der Waals surface area contributed by atoms with Crippen LogP contribution >= 0.6 is 11.6 Å². The molecule has 1 aliphatic heterocycles. The molecule has 1 saturated heterocycles. The van der Waals surface area contributed by atoms with Crippen LogP contribution in [0.3, 0.4) is 0 Å². The molecule has 0 radical (unpaired) electrons. The monoisotopic (exact) mass is 294 g/mol. The van der Waals surface area contributed by atoms with Crippen LogP contribution < -0.4 is 4.90 Å². The molecule has 8 heteroatoms. The van der Waals surface area contributed by atoms with Crippen molar-refractivity contribution in [1.29, 1.82) is 0 Å². The normalized spacial score (nSPS) is 17.8. The number of hydrogen-bond donors (Lipinski definition) is 0. The van der Waals surface area contributed by atoms with Gasteiger partial charge >= 0.3 is 6.18 Å². The van der Waals surface area contributed by atoms with Gasteiger partial charge in [0.1, 0.15) is 0 Å². The Labute approximate surface area is 114 Å². The van der Waals surface area contributed by atoms with Gasteiger partial charge in [-0.05, 0) is 12.1 Å². The Hall–Kier alpha value is -1.08. The number of anilines is 1. The molecule has 2 heterocycles. The molecule has 0 aliphatic carbocycles. The molecule has 1 aromatic rings. The first-order valence-electron chi connectivity index (χ1n) is 5.95. The Morgan fingerprint density at radius 3 is 2.26 bits per heavy atom. The third-order valence-corrected chi connectivity index (χ3v) is 3.21. The second-order valence-electron chi connectivity index (χ2n) is 4.29. The van der Waals surface area contributed by atoms with Crippen LogP contribution in [-0.4, -0.2) is 53.7 Å². The molecule has 0 bridgehead atoms. The fraction of sp³-hybridized carbons (Fsp3) is 0.636. The number of nitrogens with zero attached hydrogens (tertiary/aromatic N) is 4. The van der Waals surface area contributed by atoms with E-state index in [1.165, 1.54) is 6.07 Å². The molecule has 2 rings (SSSR count). The number of rotatable bonds is 3. The minimum Gasteiger partial charge on any atom is -0.353 e. The average Bonchev–Trinajstić information content (AvgIpc) is 2.39. The lowest BCUT2D eigenvalue weighted by molar-refractivity contribution is -0.141. The van der Waals surface area contributed by atoms with Crippen LogP contribution in [0.2, 0.25) is 0 Å². The van der Waals surface area contributed by atoms with Crippen molar-refractivity contribution in [3.8, 4) is 0 Å². The Morgan fingerprint density at radius 2 is 1.79 bits per heavy atom. The summed E-state index contributed by atoms with van der Waals surface area (Å²) in [5.74, 6) is 1.07. The molecule has 0 unspecified atom stereocenters. The van der Waals surface area contributed by atoms with Crippen LogP contribution in [-0.2, 0) is 6.18 Å². The van der Waals surface area contributed by atoms with E-state index in [0.29, 0.717) is 11.7 Å². The van der Waals surface area contributed by atoms with Gasteiger partial charge in [-0.3, -0.25) is 4.90 Å². The fourth-order valence-electron chi connectivity index (χ4n) is 1.97. The third-order valence-electron chi connectivity index (χ3n) is 3.04. The lowest BCUT2D eigenvalue weighted by atomic mass is 10.3. The van der Waals surface area contributed by atoms with Gasteiger partial charge in [0.15, 0.2) is 11.5 Å². The van der Waals surface area contributed by atoms with E-state index in [1.54, 1.807) is 0 Å². The van der Waals surface area contributed by atoms with Crippen molar-refractivity contribution >= 4 is 17.4 Å². The highest BCUT2D eigenvalue weighted by Gasteiger charge is 2.33. The number of aromatic nitrogens is 2. The quantitative estimate of drug-likeness (QED) is 0.797.